The number of carbonyl (C=O) groups is 3. The molecule has 0 atom stereocenters. The molecule has 0 saturated carbocycles. The number of urea groups is 1. The Bertz CT molecular complexity index is 833. The molecular weight excluding hydrogens is 344 g/mol. The van der Waals surface area contributed by atoms with Crippen LogP contribution in [0, 0.1) is 0 Å². The van der Waals surface area contributed by atoms with Gasteiger partial charge in [0.1, 0.15) is 0 Å². The van der Waals surface area contributed by atoms with Crippen LogP contribution in [0.15, 0.2) is 17.1 Å². The van der Waals surface area contributed by atoms with Gasteiger partial charge in [-0.3, -0.25) is 4.79 Å². The van der Waals surface area contributed by atoms with Crippen LogP contribution < -0.4 is 19.9 Å². The summed E-state index contributed by atoms with van der Waals surface area (Å²) in [5, 5.41) is 0. The first kappa shape index (κ1) is 18.9. The molecule has 0 aliphatic carbocycles. The highest BCUT2D eigenvalue weighted by Crippen LogP contribution is 2.38. The number of hydrogen-bond acceptors (Lipinski definition) is 7. The summed E-state index contributed by atoms with van der Waals surface area (Å²) in [6, 6.07) is 2.18. The lowest BCUT2D eigenvalue weighted by atomic mass is 10.1. The topological polar surface area (TPSA) is 124 Å². The summed E-state index contributed by atoms with van der Waals surface area (Å²) in [4.78, 5) is 41.2. The van der Waals surface area contributed by atoms with Gasteiger partial charge in [0.05, 0.1) is 35.4 Å². The maximum atomic E-state index is 12.6. The lowest BCUT2D eigenvalue weighted by molar-refractivity contribution is -0.401. The van der Waals surface area contributed by atoms with E-state index in [9.17, 15) is 14.4 Å². The van der Waals surface area contributed by atoms with Crippen molar-refractivity contribution in [1.82, 2.24) is 4.90 Å². The van der Waals surface area contributed by atoms with E-state index in [0.717, 1.165) is 9.48 Å². The van der Waals surface area contributed by atoms with Crippen LogP contribution in [0.25, 0.3) is 0 Å². The van der Waals surface area contributed by atoms with Crippen molar-refractivity contribution in [1.29, 1.82) is 0 Å². The van der Waals surface area contributed by atoms with Crippen LogP contribution in [0.5, 0.6) is 17.2 Å². The predicted octanol–water partition coefficient (Wildman–Crippen LogP) is -0.115. The normalized spacial score (nSPS) is 16.2. The second-order valence-electron chi connectivity index (χ2n) is 5.27. The van der Waals surface area contributed by atoms with Crippen molar-refractivity contribution in [2.45, 2.75) is 0 Å². The maximum Gasteiger partial charge on any atom is 0.445 e. The van der Waals surface area contributed by atoms with Gasteiger partial charge >= 0.3 is 11.9 Å². The van der Waals surface area contributed by atoms with Gasteiger partial charge in [-0.2, -0.15) is 14.5 Å². The molecule has 0 spiro atoms. The highest BCUT2D eigenvalue weighted by molar-refractivity contribution is 6.67. The minimum atomic E-state index is -0.772. The molecule has 0 bridgehead atoms. The maximum absolute atomic E-state index is 12.6. The number of amides is 4. The van der Waals surface area contributed by atoms with Crippen molar-refractivity contribution < 1.29 is 33.2 Å². The van der Waals surface area contributed by atoms with Gasteiger partial charge in [-0.25, -0.2) is 9.59 Å². The summed E-state index contributed by atoms with van der Waals surface area (Å²) >= 11 is 0. The number of amidine groups is 1. The first-order valence-corrected chi connectivity index (χ1v) is 7.38. The average Bonchev–Trinajstić information content (AvgIpc) is 2.66. The molecule has 1 aromatic rings. The molecule has 0 radical (unpaired) electrons. The Kier molecular flexibility index (Phi) is 5.24. The second-order valence-corrected chi connectivity index (χ2v) is 5.27. The number of nitrogens with two attached hydrogens (primary N) is 1. The van der Waals surface area contributed by atoms with E-state index in [0.29, 0.717) is 5.75 Å². The molecule has 138 valence electrons. The first-order valence-electron chi connectivity index (χ1n) is 7.38. The Morgan fingerprint density at radius 1 is 1.12 bits per heavy atom. The quantitative estimate of drug-likeness (QED) is 0.740. The fourth-order valence-electron chi connectivity index (χ4n) is 2.32. The van der Waals surface area contributed by atoms with Crippen LogP contribution >= 0.6 is 0 Å². The van der Waals surface area contributed by atoms with Gasteiger partial charge < -0.3 is 19.9 Å². The van der Waals surface area contributed by atoms with Crippen LogP contribution in [0.4, 0.5) is 4.79 Å². The smallest absolute Gasteiger partial charge is 0.445 e. The van der Waals surface area contributed by atoms with Gasteiger partial charge in [0.2, 0.25) is 11.5 Å². The molecule has 0 unspecified atom stereocenters. The molecule has 26 heavy (non-hydrogen) atoms. The van der Waals surface area contributed by atoms with Gasteiger partial charge in [-0.05, 0) is 12.1 Å². The summed E-state index contributed by atoms with van der Waals surface area (Å²) in [5.41, 5.74) is 5.54. The number of nitrogens with zero attached hydrogens (tertiary/aromatic N) is 3. The van der Waals surface area contributed by atoms with Crippen molar-refractivity contribution >= 4 is 29.4 Å². The van der Waals surface area contributed by atoms with E-state index < -0.39 is 17.8 Å². The van der Waals surface area contributed by atoms with E-state index in [-0.39, 0.29) is 28.6 Å². The number of rotatable bonds is 4. The molecule has 1 heterocycles. The zero-order chi connectivity index (χ0) is 19.6. The van der Waals surface area contributed by atoms with Crippen molar-refractivity contribution in [2.75, 3.05) is 35.4 Å². The standard InChI is InChI=1S/C16H18N4O6/c1-19-13(17)11(15(22)20(2)16(19)23)18-14(21)8-6-9(24-3)12(26-5)10(7-8)25-4/h6-7,17H,1-5H3/p+1. The van der Waals surface area contributed by atoms with Crippen molar-refractivity contribution in [3.63, 3.8) is 0 Å². The van der Waals surface area contributed by atoms with E-state index in [2.05, 4.69) is 4.99 Å². The summed E-state index contributed by atoms with van der Waals surface area (Å²) in [6.07, 6.45) is 0. The summed E-state index contributed by atoms with van der Waals surface area (Å²) < 4.78 is 16.6. The number of carbonyl (C=O) groups excluding carboxylic acids is 3. The molecule has 0 aromatic heterocycles. The van der Waals surface area contributed by atoms with Gasteiger partial charge in [0, 0.05) is 5.56 Å². The Balaban J connectivity index is 2.54. The summed E-state index contributed by atoms with van der Waals surface area (Å²) in [5.74, 6) is -0.917. The number of imide groups is 1. The number of ether oxygens (including phenoxy) is 3. The number of benzene rings is 1. The predicted molar refractivity (Wildman–Crippen MR) is 91.4 cm³/mol. The minimum Gasteiger partial charge on any atom is -0.493 e. The highest BCUT2D eigenvalue weighted by atomic mass is 16.5. The third kappa shape index (κ3) is 3.08. The Labute approximate surface area is 149 Å². The van der Waals surface area contributed by atoms with Crippen molar-refractivity contribution in [3.05, 3.63) is 17.7 Å². The lowest BCUT2D eigenvalue weighted by Gasteiger charge is -2.18. The molecule has 0 fully saturated rings. The van der Waals surface area contributed by atoms with Gasteiger partial charge in [0.25, 0.3) is 11.7 Å². The van der Waals surface area contributed by atoms with Crippen LogP contribution in [-0.4, -0.2) is 74.3 Å². The average molecular weight is 363 g/mol. The SMILES string of the molecule is COc1cc(C(=O)N=C2C(=O)N(C)C(=O)[N+](C)=C2N)cc(OC)c1OC. The number of aliphatic imine (C=N–C) groups is 1. The first-order chi connectivity index (χ1) is 12.3. The third-order valence-electron chi connectivity index (χ3n) is 3.81. The Hall–Kier alpha value is -3.43. The largest absolute Gasteiger partial charge is 0.493 e. The molecule has 10 nitrogen and oxygen atoms in total. The van der Waals surface area contributed by atoms with Crippen LogP contribution in [-0.2, 0) is 4.79 Å². The minimum absolute atomic E-state index is 0.0924. The molecule has 1 aliphatic rings. The van der Waals surface area contributed by atoms with Crippen LogP contribution in [0.3, 0.4) is 0 Å². The van der Waals surface area contributed by atoms with E-state index in [1.165, 1.54) is 47.6 Å². The van der Waals surface area contributed by atoms with Crippen LogP contribution in [0.1, 0.15) is 10.4 Å². The zero-order valence-electron chi connectivity index (χ0n) is 15.0. The Morgan fingerprint density at radius 2 is 1.65 bits per heavy atom. The zero-order valence-corrected chi connectivity index (χ0v) is 15.0. The van der Waals surface area contributed by atoms with E-state index in [1.807, 2.05) is 0 Å². The van der Waals surface area contributed by atoms with E-state index >= 15 is 0 Å². The third-order valence-corrected chi connectivity index (χ3v) is 3.81. The molecule has 1 aromatic carbocycles. The molecule has 1 aliphatic heterocycles. The van der Waals surface area contributed by atoms with Crippen molar-refractivity contribution in [2.24, 2.45) is 10.7 Å². The molecule has 10 heteroatoms. The van der Waals surface area contributed by atoms with Gasteiger partial charge in [-0.1, -0.05) is 0 Å². The van der Waals surface area contributed by atoms with Gasteiger partial charge in [-0.15, -0.1) is 0 Å². The fraction of sp³-hybridized carbons (Fsp3) is 0.312. The number of methoxy groups -OCH3 is 3. The molecule has 2 N–H and O–H groups in total. The second kappa shape index (κ2) is 7.21. The van der Waals surface area contributed by atoms with Crippen molar-refractivity contribution in [3.8, 4) is 17.2 Å². The summed E-state index contributed by atoms with van der Waals surface area (Å²) in [7, 11) is 6.89. The number of hydrogen-bond donors (Lipinski definition) is 1. The monoisotopic (exact) mass is 363 g/mol. The molecule has 4 amide bonds. The Morgan fingerprint density at radius 3 is 2.12 bits per heavy atom. The van der Waals surface area contributed by atoms with E-state index in [1.54, 1.807) is 0 Å². The van der Waals surface area contributed by atoms with Gasteiger partial charge in [0.15, 0.2) is 11.5 Å². The van der Waals surface area contributed by atoms with Crippen LogP contribution in [0.2, 0.25) is 0 Å². The summed E-state index contributed by atoms with van der Waals surface area (Å²) in [6.45, 7) is 0. The molecule has 0 saturated heterocycles. The van der Waals surface area contributed by atoms with E-state index in [4.69, 9.17) is 19.9 Å². The molecular formula is C16H19N4O6+. The fourth-order valence-corrected chi connectivity index (χ4v) is 2.32. The lowest BCUT2D eigenvalue weighted by Crippen LogP contribution is -2.55. The highest BCUT2D eigenvalue weighted by Gasteiger charge is 2.40. The molecule has 2 rings (SSSR count).